The third kappa shape index (κ3) is 1.53. The van der Waals surface area contributed by atoms with Crippen LogP contribution in [0.1, 0.15) is 12.0 Å². The highest BCUT2D eigenvalue weighted by atomic mass is 16.2. The zero-order valence-electron chi connectivity index (χ0n) is 7.69. The first kappa shape index (κ1) is 8.94. The smallest absolute Gasteiger partial charge is 0.228 e. The molecule has 0 bridgehead atoms. The largest absolute Gasteiger partial charge is 0.326 e. The van der Waals surface area contributed by atoms with E-state index in [1.165, 1.54) is 0 Å². The van der Waals surface area contributed by atoms with Crippen LogP contribution in [-0.2, 0) is 16.0 Å². The summed E-state index contributed by atoms with van der Waals surface area (Å²) < 4.78 is 0. The molecule has 1 aromatic rings. The molecule has 1 N–H and O–H groups in total. The van der Waals surface area contributed by atoms with Crippen LogP contribution in [0.3, 0.4) is 0 Å². The van der Waals surface area contributed by atoms with Gasteiger partial charge in [-0.3, -0.25) is 4.79 Å². The molecule has 0 aromatic heterocycles. The number of hydrogen-bond donors (Lipinski definition) is 1. The molecule has 0 saturated heterocycles. The third-order valence-electron chi connectivity index (χ3n) is 2.49. The Labute approximate surface area is 82.1 Å². The SMILES string of the molecule is O=CCC1Cc2ccccc2NC1=O. The molecular formula is C11H11NO2. The van der Waals surface area contributed by atoms with Crippen molar-refractivity contribution in [3.8, 4) is 0 Å². The van der Waals surface area contributed by atoms with Gasteiger partial charge >= 0.3 is 0 Å². The molecule has 0 radical (unpaired) electrons. The van der Waals surface area contributed by atoms with Gasteiger partial charge in [-0.05, 0) is 18.1 Å². The molecule has 3 heteroatoms. The minimum absolute atomic E-state index is 0.0456. The average molecular weight is 189 g/mol. The molecular weight excluding hydrogens is 178 g/mol. The van der Waals surface area contributed by atoms with Gasteiger partial charge in [0.25, 0.3) is 0 Å². The quantitative estimate of drug-likeness (QED) is 0.714. The fourth-order valence-electron chi connectivity index (χ4n) is 1.72. The number of aldehydes is 1. The summed E-state index contributed by atoms with van der Waals surface area (Å²) in [5.74, 6) is -0.238. The molecule has 0 saturated carbocycles. The predicted octanol–water partition coefficient (Wildman–Crippen LogP) is 1.39. The van der Waals surface area contributed by atoms with Crippen molar-refractivity contribution in [1.29, 1.82) is 0 Å². The van der Waals surface area contributed by atoms with Gasteiger partial charge < -0.3 is 10.1 Å². The van der Waals surface area contributed by atoms with Gasteiger partial charge in [0.05, 0.1) is 0 Å². The Kier molecular flexibility index (Phi) is 2.31. The fraction of sp³-hybridized carbons (Fsp3) is 0.273. The molecule has 1 atom stereocenters. The van der Waals surface area contributed by atoms with E-state index in [-0.39, 0.29) is 11.8 Å². The number of rotatable bonds is 2. The Morgan fingerprint density at radius 1 is 1.43 bits per heavy atom. The lowest BCUT2D eigenvalue weighted by Gasteiger charge is -2.22. The van der Waals surface area contributed by atoms with Gasteiger partial charge in [-0.1, -0.05) is 18.2 Å². The minimum Gasteiger partial charge on any atom is -0.326 e. The average Bonchev–Trinajstić information content (AvgIpc) is 2.19. The molecule has 1 aliphatic rings. The topological polar surface area (TPSA) is 46.2 Å². The highest BCUT2D eigenvalue weighted by molar-refractivity contribution is 5.96. The maximum Gasteiger partial charge on any atom is 0.228 e. The van der Waals surface area contributed by atoms with Crippen LogP contribution in [0.25, 0.3) is 0 Å². The van der Waals surface area contributed by atoms with E-state index in [4.69, 9.17) is 0 Å². The lowest BCUT2D eigenvalue weighted by Crippen LogP contribution is -2.30. The molecule has 3 nitrogen and oxygen atoms in total. The number of benzene rings is 1. The number of hydrogen-bond acceptors (Lipinski definition) is 2. The molecule has 1 amide bonds. The Balaban J connectivity index is 2.26. The number of nitrogens with one attached hydrogen (secondary N) is 1. The van der Waals surface area contributed by atoms with Crippen LogP contribution < -0.4 is 5.32 Å². The number of anilines is 1. The van der Waals surface area contributed by atoms with E-state index in [0.29, 0.717) is 12.8 Å². The van der Waals surface area contributed by atoms with Gasteiger partial charge in [-0.2, -0.15) is 0 Å². The Morgan fingerprint density at radius 3 is 3.00 bits per heavy atom. The van der Waals surface area contributed by atoms with Gasteiger partial charge in [0.1, 0.15) is 6.29 Å². The van der Waals surface area contributed by atoms with Crippen LogP contribution in [-0.4, -0.2) is 12.2 Å². The fourth-order valence-corrected chi connectivity index (χ4v) is 1.72. The summed E-state index contributed by atoms with van der Waals surface area (Å²) in [7, 11) is 0. The molecule has 0 fully saturated rings. The molecule has 1 heterocycles. The number of carbonyl (C=O) groups is 2. The van der Waals surface area contributed by atoms with Gasteiger partial charge in [0.15, 0.2) is 0 Å². The normalized spacial score (nSPS) is 19.7. The van der Waals surface area contributed by atoms with Crippen molar-refractivity contribution >= 4 is 17.9 Å². The second kappa shape index (κ2) is 3.62. The van der Waals surface area contributed by atoms with E-state index >= 15 is 0 Å². The van der Waals surface area contributed by atoms with Crippen LogP contribution in [0.5, 0.6) is 0 Å². The third-order valence-corrected chi connectivity index (χ3v) is 2.49. The maximum absolute atomic E-state index is 11.5. The molecule has 1 aromatic carbocycles. The Hall–Kier alpha value is -1.64. The lowest BCUT2D eigenvalue weighted by atomic mass is 9.91. The Morgan fingerprint density at radius 2 is 2.21 bits per heavy atom. The van der Waals surface area contributed by atoms with Crippen LogP contribution in [0.2, 0.25) is 0 Å². The second-order valence-electron chi connectivity index (χ2n) is 3.45. The summed E-state index contributed by atoms with van der Waals surface area (Å²) in [4.78, 5) is 21.8. The first-order chi connectivity index (χ1) is 6.81. The monoisotopic (exact) mass is 189 g/mol. The summed E-state index contributed by atoms with van der Waals surface area (Å²) >= 11 is 0. The molecule has 0 spiro atoms. The first-order valence-electron chi connectivity index (χ1n) is 4.63. The van der Waals surface area contributed by atoms with Crippen molar-refractivity contribution < 1.29 is 9.59 Å². The summed E-state index contributed by atoms with van der Waals surface area (Å²) in [6.45, 7) is 0. The van der Waals surface area contributed by atoms with Crippen molar-refractivity contribution in [3.63, 3.8) is 0 Å². The van der Waals surface area contributed by atoms with Crippen molar-refractivity contribution in [2.24, 2.45) is 5.92 Å². The molecule has 14 heavy (non-hydrogen) atoms. The second-order valence-corrected chi connectivity index (χ2v) is 3.45. The highest BCUT2D eigenvalue weighted by Crippen LogP contribution is 2.26. The van der Waals surface area contributed by atoms with Crippen molar-refractivity contribution in [1.82, 2.24) is 0 Å². The molecule has 1 aliphatic heterocycles. The minimum atomic E-state index is -0.192. The van der Waals surface area contributed by atoms with E-state index in [0.717, 1.165) is 17.5 Å². The maximum atomic E-state index is 11.5. The van der Waals surface area contributed by atoms with E-state index in [1.807, 2.05) is 24.3 Å². The predicted molar refractivity (Wildman–Crippen MR) is 52.9 cm³/mol. The Bertz CT molecular complexity index is 373. The van der Waals surface area contributed by atoms with E-state index in [9.17, 15) is 9.59 Å². The van der Waals surface area contributed by atoms with Crippen LogP contribution in [0.15, 0.2) is 24.3 Å². The zero-order valence-corrected chi connectivity index (χ0v) is 7.69. The van der Waals surface area contributed by atoms with Gasteiger partial charge in [0.2, 0.25) is 5.91 Å². The molecule has 72 valence electrons. The summed E-state index contributed by atoms with van der Waals surface area (Å²) in [6, 6.07) is 7.68. The molecule has 1 unspecified atom stereocenters. The molecule has 0 aliphatic carbocycles. The van der Waals surface area contributed by atoms with E-state index < -0.39 is 0 Å². The van der Waals surface area contributed by atoms with Crippen molar-refractivity contribution in [2.45, 2.75) is 12.8 Å². The van der Waals surface area contributed by atoms with Crippen molar-refractivity contribution in [3.05, 3.63) is 29.8 Å². The zero-order chi connectivity index (χ0) is 9.97. The molecule has 2 rings (SSSR count). The number of carbonyl (C=O) groups excluding carboxylic acids is 2. The summed E-state index contributed by atoms with van der Waals surface area (Å²) in [5, 5.41) is 2.80. The highest BCUT2D eigenvalue weighted by Gasteiger charge is 2.24. The summed E-state index contributed by atoms with van der Waals surface area (Å²) in [6.07, 6.45) is 1.78. The lowest BCUT2D eigenvalue weighted by molar-refractivity contribution is -0.122. The van der Waals surface area contributed by atoms with Crippen LogP contribution >= 0.6 is 0 Å². The van der Waals surface area contributed by atoms with Gasteiger partial charge in [-0.25, -0.2) is 0 Å². The summed E-state index contributed by atoms with van der Waals surface area (Å²) in [5.41, 5.74) is 1.98. The number of fused-ring (bicyclic) bond motifs is 1. The van der Waals surface area contributed by atoms with Gasteiger partial charge in [-0.15, -0.1) is 0 Å². The van der Waals surface area contributed by atoms with E-state index in [1.54, 1.807) is 0 Å². The standard InChI is InChI=1S/C11H11NO2/c13-6-5-9-7-8-3-1-2-4-10(8)12-11(9)14/h1-4,6,9H,5,7H2,(H,12,14). The van der Waals surface area contributed by atoms with Crippen molar-refractivity contribution in [2.75, 3.05) is 5.32 Å². The number of para-hydroxylation sites is 1. The van der Waals surface area contributed by atoms with Gasteiger partial charge in [0, 0.05) is 18.0 Å². The first-order valence-corrected chi connectivity index (χ1v) is 4.63. The van der Waals surface area contributed by atoms with Crippen LogP contribution in [0.4, 0.5) is 5.69 Å². The van der Waals surface area contributed by atoms with Crippen LogP contribution in [0, 0.1) is 5.92 Å². The number of amides is 1. The van der Waals surface area contributed by atoms with E-state index in [2.05, 4.69) is 5.32 Å².